The molecule has 3 nitrogen and oxygen atoms in total. The summed E-state index contributed by atoms with van der Waals surface area (Å²) < 4.78 is 5.39. The first-order valence-electron chi connectivity index (χ1n) is 8.72. The lowest BCUT2D eigenvalue weighted by molar-refractivity contribution is -0.0555. The second-order valence-corrected chi connectivity index (χ2v) is 7.24. The molecule has 128 valence electrons. The van der Waals surface area contributed by atoms with Gasteiger partial charge in [0.2, 0.25) is 0 Å². The number of hydrogen-bond acceptors (Lipinski definition) is 3. The van der Waals surface area contributed by atoms with E-state index < -0.39 is 5.60 Å². The summed E-state index contributed by atoms with van der Waals surface area (Å²) in [5.41, 5.74) is 1.99. The van der Waals surface area contributed by atoms with Gasteiger partial charge < -0.3 is 9.52 Å². The molecular weight excluding hydrogens is 298 g/mol. The van der Waals surface area contributed by atoms with E-state index in [1.807, 2.05) is 25.1 Å². The first-order chi connectivity index (χ1) is 11.5. The van der Waals surface area contributed by atoms with Gasteiger partial charge in [-0.1, -0.05) is 35.9 Å². The molecule has 1 aliphatic rings. The predicted molar refractivity (Wildman–Crippen MR) is 97.7 cm³/mol. The summed E-state index contributed by atoms with van der Waals surface area (Å²) in [5, 5.41) is 10.8. The molecule has 1 aromatic heterocycles. The van der Waals surface area contributed by atoms with E-state index in [1.54, 1.807) is 6.26 Å². The van der Waals surface area contributed by atoms with E-state index in [0.717, 1.165) is 38.2 Å². The third kappa shape index (κ3) is 4.37. The smallest absolute Gasteiger partial charge is 0.126 e. The van der Waals surface area contributed by atoms with Crippen LogP contribution in [0.2, 0.25) is 0 Å². The van der Waals surface area contributed by atoms with Crippen LogP contribution in [0.4, 0.5) is 0 Å². The second-order valence-electron chi connectivity index (χ2n) is 7.24. The van der Waals surface area contributed by atoms with Gasteiger partial charge in [-0.25, -0.2) is 0 Å². The van der Waals surface area contributed by atoms with Crippen molar-refractivity contribution < 1.29 is 9.52 Å². The number of benzene rings is 1. The first kappa shape index (κ1) is 17.0. The summed E-state index contributed by atoms with van der Waals surface area (Å²) in [5.74, 6) is 1.16. The number of nitrogens with zero attached hydrogens (tertiary/aromatic N) is 1. The van der Waals surface area contributed by atoms with E-state index in [2.05, 4.69) is 42.2 Å². The first-order valence-corrected chi connectivity index (χ1v) is 8.72. The van der Waals surface area contributed by atoms with Crippen molar-refractivity contribution in [2.24, 2.45) is 5.92 Å². The third-order valence-electron chi connectivity index (χ3n) is 5.02. The standard InChI is InChI=1S/C21H27NO2/c1-17(13-20-9-6-12-24-20)15-22-11-10-21(2,23)19(16-22)14-18-7-4-3-5-8-18/h3-9,12-13,19,23H,10-11,14-16H2,1-2H3/b17-13+/t19-,21+/m1/s1. The normalized spacial score (nSPS) is 25.8. The van der Waals surface area contributed by atoms with Gasteiger partial charge in [0.15, 0.2) is 0 Å². The van der Waals surface area contributed by atoms with Crippen LogP contribution in [-0.4, -0.2) is 35.2 Å². The maximum absolute atomic E-state index is 10.8. The maximum Gasteiger partial charge on any atom is 0.126 e. The Labute approximate surface area is 144 Å². The van der Waals surface area contributed by atoms with Crippen LogP contribution in [0.25, 0.3) is 6.08 Å². The second kappa shape index (κ2) is 7.37. The minimum absolute atomic E-state index is 0.255. The SMILES string of the molecule is C/C(=C\c1ccco1)CN1CC[C@](C)(O)[C@H](Cc2ccccc2)C1. The zero-order valence-corrected chi connectivity index (χ0v) is 14.6. The third-order valence-corrected chi connectivity index (χ3v) is 5.02. The van der Waals surface area contributed by atoms with E-state index >= 15 is 0 Å². The molecular formula is C21H27NO2. The van der Waals surface area contributed by atoms with Crippen molar-refractivity contribution in [3.05, 3.63) is 65.6 Å². The molecule has 0 aliphatic carbocycles. The minimum Gasteiger partial charge on any atom is -0.465 e. The minimum atomic E-state index is -0.592. The van der Waals surface area contributed by atoms with Gasteiger partial charge >= 0.3 is 0 Å². The number of rotatable bonds is 5. The summed E-state index contributed by atoms with van der Waals surface area (Å²) in [4.78, 5) is 2.44. The highest BCUT2D eigenvalue weighted by Gasteiger charge is 2.37. The van der Waals surface area contributed by atoms with Gasteiger partial charge in [0, 0.05) is 25.6 Å². The van der Waals surface area contributed by atoms with Crippen molar-refractivity contribution in [3.63, 3.8) is 0 Å². The lowest BCUT2D eigenvalue weighted by atomic mass is 9.78. The van der Waals surface area contributed by atoms with Crippen molar-refractivity contribution in [2.75, 3.05) is 19.6 Å². The molecule has 1 fully saturated rings. The molecule has 2 heterocycles. The summed E-state index contributed by atoms with van der Waals surface area (Å²) >= 11 is 0. The number of likely N-dealkylation sites (tertiary alicyclic amines) is 1. The Hall–Kier alpha value is -1.84. The summed E-state index contributed by atoms with van der Waals surface area (Å²) in [6, 6.07) is 14.4. The molecule has 0 spiro atoms. The van der Waals surface area contributed by atoms with Crippen molar-refractivity contribution >= 4 is 6.08 Å². The quantitative estimate of drug-likeness (QED) is 0.903. The van der Waals surface area contributed by atoms with E-state index in [9.17, 15) is 5.11 Å². The highest BCUT2D eigenvalue weighted by molar-refractivity contribution is 5.46. The molecule has 1 aromatic carbocycles. The van der Waals surface area contributed by atoms with Crippen LogP contribution in [0.5, 0.6) is 0 Å². The Balaban J connectivity index is 1.64. The fourth-order valence-corrected chi connectivity index (χ4v) is 3.53. The van der Waals surface area contributed by atoms with Crippen molar-refractivity contribution in [3.8, 4) is 0 Å². The number of furan rings is 1. The summed E-state index contributed by atoms with van der Waals surface area (Å²) in [7, 11) is 0. The molecule has 1 saturated heterocycles. The fraction of sp³-hybridized carbons (Fsp3) is 0.429. The average molecular weight is 325 g/mol. The average Bonchev–Trinajstić information content (AvgIpc) is 3.05. The molecule has 24 heavy (non-hydrogen) atoms. The van der Waals surface area contributed by atoms with E-state index in [0.29, 0.717) is 0 Å². The van der Waals surface area contributed by atoms with Crippen LogP contribution in [-0.2, 0) is 6.42 Å². The molecule has 0 amide bonds. The molecule has 3 rings (SSSR count). The van der Waals surface area contributed by atoms with Crippen LogP contribution >= 0.6 is 0 Å². The Morgan fingerprint density at radius 3 is 2.79 bits per heavy atom. The number of aliphatic hydroxyl groups is 1. The molecule has 3 heteroatoms. The fourth-order valence-electron chi connectivity index (χ4n) is 3.53. The lowest BCUT2D eigenvalue weighted by Crippen LogP contribution is -2.51. The van der Waals surface area contributed by atoms with E-state index in [4.69, 9.17) is 4.42 Å². The molecule has 2 aromatic rings. The molecule has 0 bridgehead atoms. The van der Waals surface area contributed by atoms with Gasteiger partial charge in [0.25, 0.3) is 0 Å². The van der Waals surface area contributed by atoms with Crippen molar-refractivity contribution in [1.29, 1.82) is 0 Å². The van der Waals surface area contributed by atoms with Gasteiger partial charge in [-0.2, -0.15) is 0 Å². The Morgan fingerprint density at radius 2 is 2.08 bits per heavy atom. The Morgan fingerprint density at radius 1 is 1.29 bits per heavy atom. The Kier molecular flexibility index (Phi) is 5.22. The molecule has 0 unspecified atom stereocenters. The largest absolute Gasteiger partial charge is 0.465 e. The van der Waals surface area contributed by atoms with Gasteiger partial charge in [0.05, 0.1) is 11.9 Å². The highest BCUT2D eigenvalue weighted by Crippen LogP contribution is 2.31. The van der Waals surface area contributed by atoms with Crippen LogP contribution in [0.3, 0.4) is 0 Å². The molecule has 0 radical (unpaired) electrons. The molecule has 2 atom stereocenters. The maximum atomic E-state index is 10.8. The van der Waals surface area contributed by atoms with Crippen LogP contribution < -0.4 is 0 Å². The highest BCUT2D eigenvalue weighted by atomic mass is 16.3. The van der Waals surface area contributed by atoms with Crippen LogP contribution in [0, 0.1) is 5.92 Å². The van der Waals surface area contributed by atoms with Gasteiger partial charge in [-0.05, 0) is 50.5 Å². The monoisotopic (exact) mass is 325 g/mol. The summed E-state index contributed by atoms with van der Waals surface area (Å²) in [6.45, 7) is 6.90. The van der Waals surface area contributed by atoms with Crippen LogP contribution in [0.15, 0.2) is 58.7 Å². The predicted octanol–water partition coefficient (Wildman–Crippen LogP) is 4.00. The number of hydrogen-bond donors (Lipinski definition) is 1. The zero-order chi connectivity index (χ0) is 17.0. The Bertz CT molecular complexity index is 658. The van der Waals surface area contributed by atoms with E-state index in [-0.39, 0.29) is 5.92 Å². The van der Waals surface area contributed by atoms with Gasteiger partial charge in [-0.15, -0.1) is 0 Å². The van der Waals surface area contributed by atoms with Gasteiger partial charge in [-0.3, -0.25) is 4.90 Å². The van der Waals surface area contributed by atoms with Crippen LogP contribution in [0.1, 0.15) is 31.6 Å². The van der Waals surface area contributed by atoms with Crippen molar-refractivity contribution in [2.45, 2.75) is 32.3 Å². The van der Waals surface area contributed by atoms with E-state index in [1.165, 1.54) is 11.1 Å². The molecule has 1 aliphatic heterocycles. The topological polar surface area (TPSA) is 36.6 Å². The van der Waals surface area contributed by atoms with Gasteiger partial charge in [0.1, 0.15) is 5.76 Å². The number of piperidine rings is 1. The zero-order valence-electron chi connectivity index (χ0n) is 14.6. The summed E-state index contributed by atoms with van der Waals surface area (Å²) in [6.07, 6.45) is 5.54. The molecule has 0 saturated carbocycles. The molecule has 1 N–H and O–H groups in total. The lowest BCUT2D eigenvalue weighted by Gasteiger charge is -2.43. The van der Waals surface area contributed by atoms with Crippen molar-refractivity contribution in [1.82, 2.24) is 4.90 Å².